The predicted octanol–water partition coefficient (Wildman–Crippen LogP) is 4.92. The molecule has 1 aliphatic rings. The molecule has 3 rings (SSSR count). The van der Waals surface area contributed by atoms with Gasteiger partial charge in [0, 0.05) is 6.54 Å². The zero-order chi connectivity index (χ0) is 20.8. The van der Waals surface area contributed by atoms with E-state index >= 15 is 0 Å². The quantitative estimate of drug-likeness (QED) is 0.526. The normalized spacial score (nSPS) is 14.7. The minimum absolute atomic E-state index is 0. The maximum Gasteiger partial charge on any atom is 0.176 e. The molecular formula is C23H27BrClNO4. The first-order valence-electron chi connectivity index (χ1n) is 9.72. The molecule has 0 saturated heterocycles. The van der Waals surface area contributed by atoms with E-state index in [2.05, 4.69) is 39.3 Å². The fourth-order valence-electron chi connectivity index (χ4n) is 3.56. The van der Waals surface area contributed by atoms with Gasteiger partial charge in [0.2, 0.25) is 0 Å². The zero-order valence-corrected chi connectivity index (χ0v) is 19.8. The van der Waals surface area contributed by atoms with Crippen LogP contribution >= 0.6 is 28.3 Å². The molecule has 30 heavy (non-hydrogen) atoms. The molecule has 0 bridgehead atoms. The van der Waals surface area contributed by atoms with Crippen molar-refractivity contribution >= 4 is 28.3 Å². The number of rotatable bonds is 8. The van der Waals surface area contributed by atoms with E-state index in [0.29, 0.717) is 24.7 Å². The van der Waals surface area contributed by atoms with E-state index in [9.17, 15) is 0 Å². The summed E-state index contributed by atoms with van der Waals surface area (Å²) in [6.45, 7) is 6.18. The van der Waals surface area contributed by atoms with Crippen LogP contribution in [0.2, 0.25) is 0 Å². The van der Waals surface area contributed by atoms with Gasteiger partial charge in [-0.3, -0.25) is 0 Å². The lowest BCUT2D eigenvalue weighted by atomic mass is 9.89. The van der Waals surface area contributed by atoms with Gasteiger partial charge >= 0.3 is 0 Å². The Kier molecular flexibility index (Phi) is 9.16. The van der Waals surface area contributed by atoms with Crippen LogP contribution in [0.4, 0.5) is 0 Å². The van der Waals surface area contributed by atoms with Crippen molar-refractivity contribution in [1.82, 2.24) is 5.32 Å². The lowest BCUT2D eigenvalue weighted by molar-refractivity contribution is 0.286. The fourth-order valence-corrected chi connectivity index (χ4v) is 4.13. The lowest BCUT2D eigenvalue weighted by Gasteiger charge is -2.29. The van der Waals surface area contributed by atoms with Gasteiger partial charge in [0.05, 0.1) is 30.8 Å². The Morgan fingerprint density at radius 2 is 1.77 bits per heavy atom. The lowest BCUT2D eigenvalue weighted by Crippen LogP contribution is -2.30. The minimum Gasteiger partial charge on any atom is -0.493 e. The van der Waals surface area contributed by atoms with Crippen LogP contribution in [0.3, 0.4) is 0 Å². The van der Waals surface area contributed by atoms with Crippen molar-refractivity contribution in [3.05, 3.63) is 45.4 Å². The summed E-state index contributed by atoms with van der Waals surface area (Å²) >= 11 is 3.60. The number of methoxy groups -OCH3 is 1. The largest absolute Gasteiger partial charge is 0.493 e. The van der Waals surface area contributed by atoms with Crippen LogP contribution in [-0.2, 0) is 6.42 Å². The highest BCUT2D eigenvalue weighted by Gasteiger charge is 2.26. The van der Waals surface area contributed by atoms with Gasteiger partial charge in [-0.15, -0.1) is 18.8 Å². The third kappa shape index (κ3) is 5.15. The predicted molar refractivity (Wildman–Crippen MR) is 125 cm³/mol. The van der Waals surface area contributed by atoms with Crippen molar-refractivity contribution in [1.29, 1.82) is 0 Å². The standard InChI is InChI=1S/C23H26BrNO4.ClH/c1-5-10-29-23-18(24)11-16(13-21(23)26-4)22-17-14-20(28-7-3)19(27-6-2)12-15(17)8-9-25-22;/h1,11-14,22,25H,6-10H2,2-4H3;1H. The molecule has 5 nitrogen and oxygen atoms in total. The number of fused-ring (bicyclic) bond motifs is 1. The van der Waals surface area contributed by atoms with Crippen molar-refractivity contribution in [2.45, 2.75) is 26.3 Å². The third-order valence-corrected chi connectivity index (χ3v) is 5.33. The van der Waals surface area contributed by atoms with Crippen LogP contribution in [0.1, 0.15) is 36.6 Å². The van der Waals surface area contributed by atoms with Gasteiger partial charge in [0.15, 0.2) is 23.0 Å². The number of hydrogen-bond donors (Lipinski definition) is 1. The summed E-state index contributed by atoms with van der Waals surface area (Å²) in [7, 11) is 1.62. The van der Waals surface area contributed by atoms with E-state index in [4.69, 9.17) is 25.4 Å². The second kappa shape index (κ2) is 11.4. The second-order valence-corrected chi connectivity index (χ2v) is 7.38. The van der Waals surface area contributed by atoms with Gasteiger partial charge < -0.3 is 24.3 Å². The first-order valence-corrected chi connectivity index (χ1v) is 10.5. The molecule has 1 N–H and O–H groups in total. The van der Waals surface area contributed by atoms with Gasteiger partial charge in [0.25, 0.3) is 0 Å². The van der Waals surface area contributed by atoms with Crippen molar-refractivity contribution < 1.29 is 18.9 Å². The highest BCUT2D eigenvalue weighted by Crippen LogP contribution is 2.42. The number of nitrogens with one attached hydrogen (secondary N) is 1. The fraction of sp³-hybridized carbons (Fsp3) is 0.391. The van der Waals surface area contributed by atoms with Gasteiger partial charge in [0.1, 0.15) is 6.61 Å². The molecule has 1 aliphatic heterocycles. The van der Waals surface area contributed by atoms with Crippen molar-refractivity contribution in [3.8, 4) is 35.3 Å². The van der Waals surface area contributed by atoms with Crippen LogP contribution in [0.25, 0.3) is 0 Å². The van der Waals surface area contributed by atoms with E-state index in [1.807, 2.05) is 26.0 Å². The summed E-state index contributed by atoms with van der Waals surface area (Å²) in [5, 5.41) is 3.61. The molecule has 0 fully saturated rings. The molecule has 2 aromatic rings. The van der Waals surface area contributed by atoms with Gasteiger partial charge in [-0.1, -0.05) is 5.92 Å². The molecule has 0 radical (unpaired) electrons. The van der Waals surface area contributed by atoms with Crippen molar-refractivity contribution in [3.63, 3.8) is 0 Å². The molecule has 2 aromatic carbocycles. The molecule has 0 amide bonds. The highest BCUT2D eigenvalue weighted by molar-refractivity contribution is 9.10. The average Bonchev–Trinajstić information content (AvgIpc) is 2.72. The average molecular weight is 497 g/mol. The Bertz CT molecular complexity index is 913. The summed E-state index contributed by atoms with van der Waals surface area (Å²) in [6, 6.07) is 8.22. The Hall–Kier alpha value is -2.07. The first-order chi connectivity index (χ1) is 14.1. The molecular weight excluding hydrogens is 470 g/mol. The van der Waals surface area contributed by atoms with E-state index in [1.165, 1.54) is 11.1 Å². The molecule has 0 spiro atoms. The summed E-state index contributed by atoms with van der Waals surface area (Å²) in [4.78, 5) is 0. The number of halogens is 2. The topological polar surface area (TPSA) is 49.0 Å². The van der Waals surface area contributed by atoms with Crippen LogP contribution in [0, 0.1) is 12.3 Å². The summed E-state index contributed by atoms with van der Waals surface area (Å²) in [5.41, 5.74) is 3.49. The number of terminal acetylenes is 1. The van der Waals surface area contributed by atoms with E-state index in [0.717, 1.165) is 34.5 Å². The van der Waals surface area contributed by atoms with Gasteiger partial charge in [-0.25, -0.2) is 0 Å². The number of benzene rings is 2. The highest BCUT2D eigenvalue weighted by atomic mass is 79.9. The number of hydrogen-bond acceptors (Lipinski definition) is 5. The minimum atomic E-state index is 0. The Balaban J connectivity index is 0.00000320. The number of ether oxygens (including phenoxy) is 4. The van der Waals surface area contributed by atoms with Crippen LogP contribution in [0.5, 0.6) is 23.0 Å². The van der Waals surface area contributed by atoms with Crippen LogP contribution in [-0.4, -0.2) is 33.5 Å². The van der Waals surface area contributed by atoms with Crippen LogP contribution < -0.4 is 24.3 Å². The summed E-state index contributed by atoms with van der Waals surface area (Å²) in [6.07, 6.45) is 6.26. The maximum absolute atomic E-state index is 5.85. The molecule has 0 aliphatic carbocycles. The smallest absolute Gasteiger partial charge is 0.176 e. The molecule has 1 heterocycles. The molecule has 162 valence electrons. The Morgan fingerprint density at radius 1 is 1.07 bits per heavy atom. The summed E-state index contributed by atoms with van der Waals surface area (Å²) in [5.74, 6) is 5.28. The first kappa shape index (κ1) is 24.2. The van der Waals surface area contributed by atoms with Crippen molar-refractivity contribution in [2.24, 2.45) is 0 Å². The van der Waals surface area contributed by atoms with E-state index < -0.39 is 0 Å². The molecule has 7 heteroatoms. The van der Waals surface area contributed by atoms with Crippen LogP contribution in [0.15, 0.2) is 28.7 Å². The molecule has 1 unspecified atom stereocenters. The van der Waals surface area contributed by atoms with Crippen molar-refractivity contribution in [2.75, 3.05) is 33.5 Å². The Morgan fingerprint density at radius 3 is 2.40 bits per heavy atom. The van der Waals surface area contributed by atoms with E-state index in [1.54, 1.807) is 7.11 Å². The Labute approximate surface area is 193 Å². The third-order valence-electron chi connectivity index (χ3n) is 4.74. The molecule has 0 saturated carbocycles. The zero-order valence-electron chi connectivity index (χ0n) is 17.4. The monoisotopic (exact) mass is 495 g/mol. The second-order valence-electron chi connectivity index (χ2n) is 6.53. The van der Waals surface area contributed by atoms with E-state index in [-0.39, 0.29) is 25.1 Å². The SMILES string of the molecule is C#CCOc1c(Br)cc(C2NCCc3cc(OCC)c(OCC)cc32)cc1OC.Cl. The van der Waals surface area contributed by atoms with Gasteiger partial charge in [-0.2, -0.15) is 0 Å². The summed E-state index contributed by atoms with van der Waals surface area (Å²) < 4.78 is 23.7. The maximum atomic E-state index is 5.85. The van der Waals surface area contributed by atoms with Gasteiger partial charge in [-0.05, 0) is 77.2 Å². The molecule has 0 aromatic heterocycles. The molecule has 1 atom stereocenters.